The summed E-state index contributed by atoms with van der Waals surface area (Å²) in [5.74, 6) is 0.329. The molecule has 0 saturated carbocycles. The minimum absolute atomic E-state index is 0.329. The Balaban J connectivity index is 3.42. The van der Waals surface area contributed by atoms with Crippen LogP contribution in [-0.4, -0.2) is 23.3 Å². The van der Waals surface area contributed by atoms with Crippen LogP contribution in [0.5, 0.6) is 0 Å². The molecule has 0 aliphatic rings. The van der Waals surface area contributed by atoms with Crippen LogP contribution < -0.4 is 11.0 Å². The zero-order valence-corrected chi connectivity index (χ0v) is 8.30. The van der Waals surface area contributed by atoms with Crippen LogP contribution in [0.25, 0.3) is 0 Å². The molecule has 1 aromatic heterocycles. The highest BCUT2D eigenvalue weighted by Gasteiger charge is 2.18. The first-order valence-electron chi connectivity index (χ1n) is 3.55. The number of nitrogens with zero attached hydrogens (tertiary/aromatic N) is 2. The van der Waals surface area contributed by atoms with E-state index in [0.717, 1.165) is 0 Å². The van der Waals surface area contributed by atoms with E-state index < -0.39 is 7.14 Å². The van der Waals surface area contributed by atoms with Crippen molar-refractivity contribution in [2.75, 3.05) is 19.1 Å². The molecule has 4 nitrogen and oxygen atoms in total. The summed E-state index contributed by atoms with van der Waals surface area (Å²) in [6.45, 7) is 5.11. The van der Waals surface area contributed by atoms with Gasteiger partial charge in [-0.25, -0.2) is 9.97 Å². The molecule has 66 valence electrons. The molecule has 0 aliphatic heterocycles. The topological polar surface area (TPSA) is 68.9 Å². The largest absolute Gasteiger partial charge is 0.383 e. The summed E-state index contributed by atoms with van der Waals surface area (Å²) >= 11 is 0. The maximum absolute atomic E-state index is 11.7. The number of rotatable bonds is 1. The molecular formula is C7H12N3OP. The van der Waals surface area contributed by atoms with Crippen LogP contribution in [0.15, 0.2) is 6.33 Å². The van der Waals surface area contributed by atoms with Crippen molar-refractivity contribution in [2.24, 2.45) is 0 Å². The third kappa shape index (κ3) is 1.64. The van der Waals surface area contributed by atoms with Gasteiger partial charge in [-0.1, -0.05) is 0 Å². The van der Waals surface area contributed by atoms with Gasteiger partial charge in [0, 0.05) is 0 Å². The second kappa shape index (κ2) is 2.87. The van der Waals surface area contributed by atoms with Crippen molar-refractivity contribution in [3.8, 4) is 0 Å². The lowest BCUT2D eigenvalue weighted by atomic mass is 10.4. The van der Waals surface area contributed by atoms with E-state index in [2.05, 4.69) is 9.97 Å². The summed E-state index contributed by atoms with van der Waals surface area (Å²) in [7, 11) is -2.34. The third-order valence-corrected chi connectivity index (χ3v) is 3.20. The number of hydrogen-bond acceptors (Lipinski definition) is 4. The van der Waals surface area contributed by atoms with E-state index in [0.29, 0.717) is 16.8 Å². The fourth-order valence-electron chi connectivity index (χ4n) is 1.15. The number of nitrogens with two attached hydrogens (primary N) is 1. The van der Waals surface area contributed by atoms with Crippen molar-refractivity contribution in [3.63, 3.8) is 0 Å². The first-order valence-corrected chi connectivity index (χ1v) is 6.15. The summed E-state index contributed by atoms with van der Waals surface area (Å²) in [6.07, 6.45) is 1.38. The van der Waals surface area contributed by atoms with Crippen molar-refractivity contribution < 1.29 is 4.57 Å². The monoisotopic (exact) mass is 185 g/mol. The van der Waals surface area contributed by atoms with Gasteiger partial charge in [0.25, 0.3) is 0 Å². The predicted molar refractivity (Wildman–Crippen MR) is 50.3 cm³/mol. The van der Waals surface area contributed by atoms with Gasteiger partial charge in [0.05, 0.1) is 11.0 Å². The van der Waals surface area contributed by atoms with Crippen LogP contribution in [0.3, 0.4) is 0 Å². The Labute approximate surface area is 71.6 Å². The molecule has 1 heterocycles. The van der Waals surface area contributed by atoms with E-state index in [1.54, 1.807) is 20.3 Å². The summed E-state index contributed by atoms with van der Waals surface area (Å²) in [6, 6.07) is 0. The highest BCUT2D eigenvalue weighted by molar-refractivity contribution is 7.70. The third-order valence-electron chi connectivity index (χ3n) is 1.57. The first kappa shape index (κ1) is 9.20. The van der Waals surface area contributed by atoms with Crippen LogP contribution in [0.1, 0.15) is 5.69 Å². The van der Waals surface area contributed by atoms with Gasteiger partial charge < -0.3 is 10.3 Å². The Kier molecular flexibility index (Phi) is 2.20. The van der Waals surface area contributed by atoms with Crippen LogP contribution in [-0.2, 0) is 4.57 Å². The molecule has 0 fully saturated rings. The predicted octanol–water partition coefficient (Wildman–Crippen LogP) is 0.615. The Bertz CT molecular complexity index is 324. The minimum Gasteiger partial charge on any atom is -0.383 e. The number of anilines is 1. The highest BCUT2D eigenvalue weighted by atomic mass is 31.2. The van der Waals surface area contributed by atoms with Crippen LogP contribution in [0.4, 0.5) is 5.82 Å². The molecule has 2 N–H and O–H groups in total. The van der Waals surface area contributed by atoms with Gasteiger partial charge in [0.1, 0.15) is 19.3 Å². The second-order valence-corrected chi connectivity index (χ2v) is 6.19. The zero-order chi connectivity index (χ0) is 9.35. The average molecular weight is 185 g/mol. The van der Waals surface area contributed by atoms with Gasteiger partial charge in [0.15, 0.2) is 0 Å². The lowest BCUT2D eigenvalue weighted by molar-refractivity contribution is 0.588. The molecule has 0 spiro atoms. The standard InChI is InChI=1S/C7H12N3OP/c1-5-6(12(2,3)11)7(8)10-4-9-5/h4H,1-3H3,(H2,8,9,10). The highest BCUT2D eigenvalue weighted by Crippen LogP contribution is 2.37. The Hall–Kier alpha value is -0.890. The summed E-state index contributed by atoms with van der Waals surface area (Å²) in [5, 5.41) is 0.602. The van der Waals surface area contributed by atoms with E-state index in [1.807, 2.05) is 0 Å². The number of hydrogen-bond donors (Lipinski definition) is 1. The lowest BCUT2D eigenvalue weighted by Gasteiger charge is -2.10. The van der Waals surface area contributed by atoms with Crippen LogP contribution in [0.2, 0.25) is 0 Å². The number of aromatic nitrogens is 2. The molecular weight excluding hydrogens is 173 g/mol. The summed E-state index contributed by atoms with van der Waals surface area (Å²) in [4.78, 5) is 7.74. The Morgan fingerprint density at radius 3 is 2.33 bits per heavy atom. The molecule has 0 bridgehead atoms. The van der Waals surface area contributed by atoms with Crippen LogP contribution >= 0.6 is 7.14 Å². The SMILES string of the molecule is Cc1ncnc(N)c1P(C)(C)=O. The summed E-state index contributed by atoms with van der Waals surface area (Å²) < 4.78 is 11.7. The Morgan fingerprint density at radius 2 is 2.00 bits per heavy atom. The maximum atomic E-state index is 11.7. The van der Waals surface area contributed by atoms with Crippen molar-refractivity contribution in [1.82, 2.24) is 9.97 Å². The second-order valence-electron chi connectivity index (χ2n) is 3.04. The van der Waals surface area contributed by atoms with Crippen molar-refractivity contribution in [2.45, 2.75) is 6.92 Å². The number of aryl methyl sites for hydroxylation is 1. The van der Waals surface area contributed by atoms with E-state index in [4.69, 9.17) is 5.73 Å². The molecule has 12 heavy (non-hydrogen) atoms. The normalized spacial score (nSPS) is 11.6. The van der Waals surface area contributed by atoms with Crippen LogP contribution in [0, 0.1) is 6.92 Å². The molecule has 0 atom stereocenters. The molecule has 0 unspecified atom stereocenters. The van der Waals surface area contributed by atoms with E-state index in [1.165, 1.54) is 6.33 Å². The van der Waals surface area contributed by atoms with Gasteiger partial charge >= 0.3 is 0 Å². The Morgan fingerprint density at radius 1 is 1.42 bits per heavy atom. The smallest absolute Gasteiger partial charge is 0.137 e. The van der Waals surface area contributed by atoms with Crippen molar-refractivity contribution in [3.05, 3.63) is 12.0 Å². The summed E-state index contributed by atoms with van der Waals surface area (Å²) in [5.41, 5.74) is 6.29. The first-order chi connectivity index (χ1) is 5.43. The van der Waals surface area contributed by atoms with Gasteiger partial charge in [-0.15, -0.1) is 0 Å². The molecule has 1 aromatic rings. The minimum atomic E-state index is -2.34. The lowest BCUT2D eigenvalue weighted by Crippen LogP contribution is -2.16. The van der Waals surface area contributed by atoms with Gasteiger partial charge in [-0.05, 0) is 20.3 Å². The molecule has 0 radical (unpaired) electrons. The van der Waals surface area contributed by atoms with Crippen molar-refractivity contribution in [1.29, 1.82) is 0 Å². The molecule has 0 aliphatic carbocycles. The van der Waals surface area contributed by atoms with Gasteiger partial charge in [-0.2, -0.15) is 0 Å². The van der Waals surface area contributed by atoms with Gasteiger partial charge in [-0.3, -0.25) is 0 Å². The van der Waals surface area contributed by atoms with E-state index >= 15 is 0 Å². The fourth-order valence-corrected chi connectivity index (χ4v) is 2.60. The average Bonchev–Trinajstić information content (AvgIpc) is 1.82. The zero-order valence-electron chi connectivity index (χ0n) is 7.40. The molecule has 5 heteroatoms. The molecule has 1 rings (SSSR count). The molecule has 0 saturated heterocycles. The van der Waals surface area contributed by atoms with E-state index in [9.17, 15) is 4.57 Å². The fraction of sp³-hybridized carbons (Fsp3) is 0.429. The van der Waals surface area contributed by atoms with Gasteiger partial charge in [0.2, 0.25) is 0 Å². The number of nitrogen functional groups attached to an aromatic ring is 1. The van der Waals surface area contributed by atoms with E-state index in [-0.39, 0.29) is 0 Å². The van der Waals surface area contributed by atoms with Crippen molar-refractivity contribution >= 4 is 18.3 Å². The molecule has 0 amide bonds. The quantitative estimate of drug-likeness (QED) is 0.651. The molecule has 0 aromatic carbocycles. The maximum Gasteiger partial charge on any atom is 0.137 e.